The van der Waals surface area contributed by atoms with Gasteiger partial charge in [-0.05, 0) is 43.4 Å². The van der Waals surface area contributed by atoms with E-state index in [1.54, 1.807) is 0 Å². The van der Waals surface area contributed by atoms with Crippen molar-refractivity contribution in [2.24, 2.45) is 11.8 Å². The highest BCUT2D eigenvalue weighted by atomic mass is 32.2. The Bertz CT molecular complexity index is 158. The lowest BCUT2D eigenvalue weighted by atomic mass is 9.83. The quantitative estimate of drug-likeness (QED) is 0.773. The van der Waals surface area contributed by atoms with Crippen LogP contribution in [0.4, 0.5) is 0 Å². The van der Waals surface area contributed by atoms with Gasteiger partial charge >= 0.3 is 0 Å². The molecule has 0 aromatic rings. The molecule has 1 unspecified atom stereocenters. The molecular formula is C12H23NS. The summed E-state index contributed by atoms with van der Waals surface area (Å²) in [4.78, 5) is 0. The Morgan fingerprint density at radius 2 is 1.93 bits per heavy atom. The van der Waals surface area contributed by atoms with E-state index < -0.39 is 0 Å². The average Bonchev–Trinajstić information content (AvgIpc) is 2.70. The van der Waals surface area contributed by atoms with Crippen LogP contribution in [-0.4, -0.2) is 24.1 Å². The predicted octanol–water partition coefficient (Wildman–Crippen LogP) is 2.91. The molecule has 1 heterocycles. The Morgan fingerprint density at radius 3 is 2.57 bits per heavy atom. The average molecular weight is 213 g/mol. The molecule has 1 aliphatic carbocycles. The highest BCUT2D eigenvalue weighted by Gasteiger charge is 2.20. The molecule has 0 radical (unpaired) electrons. The van der Waals surface area contributed by atoms with E-state index >= 15 is 0 Å². The third kappa shape index (κ3) is 3.16. The fourth-order valence-electron chi connectivity index (χ4n) is 2.56. The Balaban J connectivity index is 1.60. The topological polar surface area (TPSA) is 12.0 Å². The van der Waals surface area contributed by atoms with Crippen LogP contribution in [0.2, 0.25) is 0 Å². The molecule has 1 nitrogen and oxygen atoms in total. The van der Waals surface area contributed by atoms with Crippen molar-refractivity contribution in [3.05, 3.63) is 0 Å². The molecule has 1 N–H and O–H groups in total. The van der Waals surface area contributed by atoms with Gasteiger partial charge in [-0.15, -0.1) is 0 Å². The highest BCUT2D eigenvalue weighted by Crippen LogP contribution is 2.28. The number of hydrogen-bond acceptors (Lipinski definition) is 2. The summed E-state index contributed by atoms with van der Waals surface area (Å²) in [6.45, 7) is 3.69. The summed E-state index contributed by atoms with van der Waals surface area (Å²) in [5, 5.41) is 3.75. The maximum atomic E-state index is 3.75. The van der Waals surface area contributed by atoms with E-state index in [0.29, 0.717) is 0 Å². The van der Waals surface area contributed by atoms with E-state index in [2.05, 4.69) is 24.0 Å². The monoisotopic (exact) mass is 213 g/mol. The summed E-state index contributed by atoms with van der Waals surface area (Å²) in [5.41, 5.74) is 0. The Kier molecular flexibility index (Phi) is 4.18. The van der Waals surface area contributed by atoms with Gasteiger partial charge in [0.05, 0.1) is 0 Å². The molecule has 0 aromatic carbocycles. The molecule has 1 saturated carbocycles. The van der Waals surface area contributed by atoms with Gasteiger partial charge < -0.3 is 5.32 Å². The number of thioether (sulfide) groups is 1. The van der Waals surface area contributed by atoms with E-state index in [9.17, 15) is 0 Å². The number of rotatable bonds is 3. The lowest BCUT2D eigenvalue weighted by Gasteiger charge is -2.27. The van der Waals surface area contributed by atoms with Crippen molar-refractivity contribution in [1.29, 1.82) is 0 Å². The first kappa shape index (κ1) is 10.8. The summed E-state index contributed by atoms with van der Waals surface area (Å²) < 4.78 is 0. The first-order valence-corrected chi connectivity index (χ1v) is 7.31. The van der Waals surface area contributed by atoms with Gasteiger partial charge in [0.2, 0.25) is 0 Å². The second-order valence-corrected chi connectivity index (χ2v) is 6.24. The van der Waals surface area contributed by atoms with Crippen LogP contribution in [0.1, 0.15) is 39.0 Å². The van der Waals surface area contributed by atoms with Gasteiger partial charge in [-0.2, -0.15) is 11.8 Å². The summed E-state index contributed by atoms with van der Waals surface area (Å²) in [6, 6.07) is 0.833. The van der Waals surface area contributed by atoms with Crippen LogP contribution < -0.4 is 5.32 Å². The SMILES string of the molecule is CC1CCC(CNC2CCSC2)CC1. The van der Waals surface area contributed by atoms with Crippen LogP contribution in [0.3, 0.4) is 0 Å². The molecule has 1 saturated heterocycles. The van der Waals surface area contributed by atoms with Crippen molar-refractivity contribution in [3.8, 4) is 0 Å². The van der Waals surface area contributed by atoms with Gasteiger partial charge in [0.1, 0.15) is 0 Å². The molecule has 82 valence electrons. The van der Waals surface area contributed by atoms with Crippen LogP contribution in [0, 0.1) is 11.8 Å². The Morgan fingerprint density at radius 1 is 1.14 bits per heavy atom. The summed E-state index contributed by atoms with van der Waals surface area (Å²) in [7, 11) is 0. The van der Waals surface area contributed by atoms with Crippen molar-refractivity contribution in [2.45, 2.75) is 45.1 Å². The van der Waals surface area contributed by atoms with E-state index in [1.165, 1.54) is 50.2 Å². The van der Waals surface area contributed by atoms with Crippen molar-refractivity contribution in [3.63, 3.8) is 0 Å². The molecule has 0 spiro atoms. The molecule has 1 aliphatic heterocycles. The van der Waals surface area contributed by atoms with Crippen molar-refractivity contribution in [2.75, 3.05) is 18.1 Å². The molecule has 0 aromatic heterocycles. The molecule has 0 amide bonds. The molecule has 1 atom stereocenters. The standard InChI is InChI=1S/C12H23NS/c1-10-2-4-11(5-3-10)8-13-12-6-7-14-9-12/h10-13H,2-9H2,1H3. The lowest BCUT2D eigenvalue weighted by Crippen LogP contribution is -2.34. The van der Waals surface area contributed by atoms with E-state index in [1.807, 2.05) is 0 Å². The number of hydrogen-bond donors (Lipinski definition) is 1. The molecule has 2 rings (SSSR count). The number of nitrogens with one attached hydrogen (secondary N) is 1. The predicted molar refractivity (Wildman–Crippen MR) is 64.9 cm³/mol. The first-order chi connectivity index (χ1) is 6.84. The van der Waals surface area contributed by atoms with Crippen molar-refractivity contribution in [1.82, 2.24) is 5.32 Å². The van der Waals surface area contributed by atoms with Crippen LogP contribution in [-0.2, 0) is 0 Å². The molecule has 2 fully saturated rings. The zero-order valence-corrected chi connectivity index (χ0v) is 10.1. The Labute approximate surface area is 92.4 Å². The molecule has 14 heavy (non-hydrogen) atoms. The maximum Gasteiger partial charge on any atom is 0.0166 e. The minimum atomic E-state index is 0.833. The smallest absolute Gasteiger partial charge is 0.0166 e. The molecular weight excluding hydrogens is 190 g/mol. The van der Waals surface area contributed by atoms with E-state index in [4.69, 9.17) is 0 Å². The highest BCUT2D eigenvalue weighted by molar-refractivity contribution is 7.99. The van der Waals surface area contributed by atoms with Gasteiger partial charge in [0.25, 0.3) is 0 Å². The second-order valence-electron chi connectivity index (χ2n) is 5.09. The van der Waals surface area contributed by atoms with Crippen LogP contribution in [0.15, 0.2) is 0 Å². The zero-order valence-electron chi connectivity index (χ0n) is 9.30. The minimum Gasteiger partial charge on any atom is -0.313 e. The molecule has 2 heteroatoms. The van der Waals surface area contributed by atoms with Crippen LogP contribution in [0.5, 0.6) is 0 Å². The van der Waals surface area contributed by atoms with Gasteiger partial charge in [-0.1, -0.05) is 19.8 Å². The third-order valence-electron chi connectivity index (χ3n) is 3.76. The van der Waals surface area contributed by atoms with Crippen molar-refractivity contribution < 1.29 is 0 Å². The minimum absolute atomic E-state index is 0.833. The normalized spacial score (nSPS) is 38.8. The summed E-state index contributed by atoms with van der Waals surface area (Å²) in [6.07, 6.45) is 7.26. The lowest BCUT2D eigenvalue weighted by molar-refractivity contribution is 0.276. The zero-order chi connectivity index (χ0) is 9.80. The largest absolute Gasteiger partial charge is 0.313 e. The fraction of sp³-hybridized carbons (Fsp3) is 1.00. The third-order valence-corrected chi connectivity index (χ3v) is 4.92. The summed E-state index contributed by atoms with van der Waals surface area (Å²) in [5.74, 6) is 4.70. The van der Waals surface area contributed by atoms with Crippen LogP contribution in [0.25, 0.3) is 0 Å². The van der Waals surface area contributed by atoms with Crippen molar-refractivity contribution >= 4 is 11.8 Å². The van der Waals surface area contributed by atoms with Gasteiger partial charge in [0.15, 0.2) is 0 Å². The molecule has 2 aliphatic rings. The summed E-state index contributed by atoms with van der Waals surface area (Å²) >= 11 is 2.11. The fourth-order valence-corrected chi connectivity index (χ4v) is 3.75. The first-order valence-electron chi connectivity index (χ1n) is 6.15. The van der Waals surface area contributed by atoms with Gasteiger partial charge in [-0.25, -0.2) is 0 Å². The van der Waals surface area contributed by atoms with E-state index in [0.717, 1.165) is 17.9 Å². The second kappa shape index (κ2) is 5.41. The maximum absolute atomic E-state index is 3.75. The van der Waals surface area contributed by atoms with E-state index in [-0.39, 0.29) is 0 Å². The Hall–Kier alpha value is 0.310. The van der Waals surface area contributed by atoms with Gasteiger partial charge in [0, 0.05) is 11.8 Å². The van der Waals surface area contributed by atoms with Gasteiger partial charge in [-0.3, -0.25) is 0 Å². The molecule has 0 bridgehead atoms. The van der Waals surface area contributed by atoms with Crippen LogP contribution >= 0.6 is 11.8 Å².